The van der Waals surface area contributed by atoms with Gasteiger partial charge in [-0.2, -0.15) is 5.10 Å². The monoisotopic (exact) mass is 337 g/mol. The van der Waals surface area contributed by atoms with E-state index in [-0.39, 0.29) is 12.5 Å². The molecule has 4 nitrogen and oxygen atoms in total. The summed E-state index contributed by atoms with van der Waals surface area (Å²) >= 11 is 3.47. The Labute approximate surface area is 128 Å². The lowest BCUT2D eigenvalue weighted by atomic mass is 9.96. The minimum absolute atomic E-state index is 0.0441. The van der Waals surface area contributed by atoms with Crippen molar-refractivity contribution >= 4 is 15.9 Å². The summed E-state index contributed by atoms with van der Waals surface area (Å²) in [5.41, 5.74) is 1.11. The molecule has 1 aromatic heterocycles. The van der Waals surface area contributed by atoms with E-state index in [0.29, 0.717) is 12.3 Å². The van der Waals surface area contributed by atoms with Gasteiger partial charge in [-0.25, -0.2) is 9.67 Å². The molecule has 5 heteroatoms. The van der Waals surface area contributed by atoms with Crippen molar-refractivity contribution in [1.82, 2.24) is 14.8 Å². The summed E-state index contributed by atoms with van der Waals surface area (Å²) in [6, 6.07) is 8.05. The van der Waals surface area contributed by atoms with Gasteiger partial charge in [-0.3, -0.25) is 0 Å². The lowest BCUT2D eigenvalue weighted by molar-refractivity contribution is 0.261. The SMILES string of the molecule is CC(C)Cn1ncnc1CC(CO)c1cccc(Br)c1. The fourth-order valence-electron chi connectivity index (χ4n) is 2.21. The number of aliphatic hydroxyl groups is 1. The second-order valence-corrected chi connectivity index (χ2v) is 6.31. The predicted molar refractivity (Wildman–Crippen MR) is 82.5 cm³/mol. The third-order valence-corrected chi connectivity index (χ3v) is 3.70. The van der Waals surface area contributed by atoms with Crippen LogP contribution in [0.5, 0.6) is 0 Å². The normalized spacial score (nSPS) is 12.8. The van der Waals surface area contributed by atoms with E-state index >= 15 is 0 Å². The molecule has 0 aliphatic carbocycles. The molecule has 0 aliphatic heterocycles. The van der Waals surface area contributed by atoms with E-state index in [2.05, 4.69) is 39.9 Å². The van der Waals surface area contributed by atoms with Crippen molar-refractivity contribution in [2.75, 3.05) is 6.61 Å². The molecule has 0 saturated carbocycles. The molecule has 1 unspecified atom stereocenters. The Morgan fingerprint density at radius 3 is 2.80 bits per heavy atom. The molecule has 0 saturated heterocycles. The number of halogens is 1. The molecule has 108 valence electrons. The van der Waals surface area contributed by atoms with Crippen LogP contribution in [0.4, 0.5) is 0 Å². The maximum Gasteiger partial charge on any atom is 0.138 e. The third-order valence-electron chi connectivity index (χ3n) is 3.20. The first-order valence-electron chi connectivity index (χ1n) is 6.83. The first kappa shape index (κ1) is 15.2. The Morgan fingerprint density at radius 2 is 2.15 bits per heavy atom. The average Bonchev–Trinajstić information content (AvgIpc) is 2.82. The van der Waals surface area contributed by atoms with Crippen LogP contribution in [0.3, 0.4) is 0 Å². The fourth-order valence-corrected chi connectivity index (χ4v) is 2.63. The molecular formula is C15H20BrN3O. The summed E-state index contributed by atoms with van der Waals surface area (Å²) in [6.45, 7) is 5.27. The zero-order valence-corrected chi connectivity index (χ0v) is 13.4. The highest BCUT2D eigenvalue weighted by Gasteiger charge is 2.16. The molecule has 2 aromatic rings. The van der Waals surface area contributed by atoms with Gasteiger partial charge < -0.3 is 5.11 Å². The zero-order valence-electron chi connectivity index (χ0n) is 11.8. The number of nitrogens with zero attached hydrogens (tertiary/aromatic N) is 3. The minimum Gasteiger partial charge on any atom is -0.396 e. The van der Waals surface area contributed by atoms with Crippen molar-refractivity contribution in [3.05, 3.63) is 46.5 Å². The van der Waals surface area contributed by atoms with Crippen LogP contribution in [0.1, 0.15) is 31.2 Å². The largest absolute Gasteiger partial charge is 0.396 e. The number of rotatable bonds is 6. The number of aromatic nitrogens is 3. The second kappa shape index (κ2) is 6.99. The molecule has 1 aromatic carbocycles. The van der Waals surface area contributed by atoms with Crippen LogP contribution in [0.15, 0.2) is 35.1 Å². The summed E-state index contributed by atoms with van der Waals surface area (Å²) in [4.78, 5) is 4.33. The Bertz CT molecular complexity index is 554. The van der Waals surface area contributed by atoms with Crippen molar-refractivity contribution in [3.63, 3.8) is 0 Å². The lowest BCUT2D eigenvalue weighted by Gasteiger charge is -2.16. The van der Waals surface area contributed by atoms with Gasteiger partial charge in [0.2, 0.25) is 0 Å². The van der Waals surface area contributed by atoms with Crippen LogP contribution in [-0.2, 0) is 13.0 Å². The van der Waals surface area contributed by atoms with Crippen molar-refractivity contribution in [1.29, 1.82) is 0 Å². The van der Waals surface area contributed by atoms with E-state index in [1.807, 2.05) is 28.9 Å². The van der Waals surface area contributed by atoms with Gasteiger partial charge in [-0.05, 0) is 23.6 Å². The van der Waals surface area contributed by atoms with Crippen molar-refractivity contribution < 1.29 is 5.11 Å². The first-order valence-corrected chi connectivity index (χ1v) is 7.62. The van der Waals surface area contributed by atoms with Gasteiger partial charge in [0.05, 0.1) is 6.61 Å². The van der Waals surface area contributed by atoms with Crippen LogP contribution < -0.4 is 0 Å². The van der Waals surface area contributed by atoms with Crippen molar-refractivity contribution in [2.45, 2.75) is 32.7 Å². The van der Waals surface area contributed by atoms with Gasteiger partial charge in [-0.15, -0.1) is 0 Å². The molecule has 0 spiro atoms. The van der Waals surface area contributed by atoms with E-state index < -0.39 is 0 Å². The molecule has 1 N–H and O–H groups in total. The van der Waals surface area contributed by atoms with Crippen LogP contribution in [0.25, 0.3) is 0 Å². The summed E-state index contributed by atoms with van der Waals surface area (Å²) in [7, 11) is 0. The van der Waals surface area contributed by atoms with E-state index in [9.17, 15) is 5.11 Å². The second-order valence-electron chi connectivity index (χ2n) is 5.39. The highest BCUT2D eigenvalue weighted by molar-refractivity contribution is 9.10. The predicted octanol–water partition coefficient (Wildman–Crippen LogP) is 3.02. The zero-order chi connectivity index (χ0) is 14.5. The summed E-state index contributed by atoms with van der Waals surface area (Å²) in [5, 5.41) is 13.9. The molecule has 0 aliphatic rings. The summed E-state index contributed by atoms with van der Waals surface area (Å²) in [6.07, 6.45) is 2.28. The van der Waals surface area contributed by atoms with Gasteiger partial charge in [0.1, 0.15) is 12.2 Å². The Morgan fingerprint density at radius 1 is 1.35 bits per heavy atom. The molecule has 2 rings (SSSR count). The average molecular weight is 338 g/mol. The topological polar surface area (TPSA) is 50.9 Å². The van der Waals surface area contributed by atoms with Gasteiger partial charge in [0.15, 0.2) is 0 Å². The maximum absolute atomic E-state index is 9.67. The van der Waals surface area contributed by atoms with Gasteiger partial charge in [0.25, 0.3) is 0 Å². The smallest absolute Gasteiger partial charge is 0.138 e. The van der Waals surface area contributed by atoms with Gasteiger partial charge in [-0.1, -0.05) is 41.9 Å². The van der Waals surface area contributed by atoms with E-state index in [0.717, 1.165) is 22.4 Å². The third kappa shape index (κ3) is 3.90. The number of hydrogen-bond acceptors (Lipinski definition) is 3. The summed E-state index contributed by atoms with van der Waals surface area (Å²) < 4.78 is 2.96. The molecule has 0 radical (unpaired) electrons. The van der Waals surface area contributed by atoms with Crippen LogP contribution >= 0.6 is 15.9 Å². The summed E-state index contributed by atoms with van der Waals surface area (Å²) in [5.74, 6) is 1.49. The quantitative estimate of drug-likeness (QED) is 0.881. The standard InChI is InChI=1S/C15H20BrN3O/c1-11(2)8-19-15(17-10-18-19)7-13(9-20)12-4-3-5-14(16)6-12/h3-6,10-11,13,20H,7-9H2,1-2H3. The molecule has 1 atom stereocenters. The Balaban J connectivity index is 2.16. The molecule has 0 amide bonds. The van der Waals surface area contributed by atoms with E-state index in [1.165, 1.54) is 0 Å². The van der Waals surface area contributed by atoms with E-state index in [1.54, 1.807) is 6.33 Å². The molecular weight excluding hydrogens is 318 g/mol. The minimum atomic E-state index is 0.0441. The highest BCUT2D eigenvalue weighted by Crippen LogP contribution is 2.23. The van der Waals surface area contributed by atoms with E-state index in [4.69, 9.17) is 0 Å². The number of benzene rings is 1. The number of hydrogen-bond donors (Lipinski definition) is 1. The molecule has 0 fully saturated rings. The molecule has 20 heavy (non-hydrogen) atoms. The van der Waals surface area contributed by atoms with Crippen molar-refractivity contribution in [2.24, 2.45) is 5.92 Å². The molecule has 1 heterocycles. The maximum atomic E-state index is 9.67. The van der Waals surface area contributed by atoms with Crippen molar-refractivity contribution in [3.8, 4) is 0 Å². The highest BCUT2D eigenvalue weighted by atomic mass is 79.9. The Kier molecular flexibility index (Phi) is 5.31. The van der Waals surface area contributed by atoms with Gasteiger partial charge >= 0.3 is 0 Å². The fraction of sp³-hybridized carbons (Fsp3) is 0.467. The van der Waals surface area contributed by atoms with Gasteiger partial charge in [0, 0.05) is 23.4 Å². The van der Waals surface area contributed by atoms with Crippen LogP contribution in [0, 0.1) is 5.92 Å². The first-order chi connectivity index (χ1) is 9.60. The molecule has 0 bridgehead atoms. The van der Waals surface area contributed by atoms with Crippen LogP contribution in [-0.4, -0.2) is 26.5 Å². The van der Waals surface area contributed by atoms with Crippen LogP contribution in [0.2, 0.25) is 0 Å². The Hall–Kier alpha value is -1.20. The number of aliphatic hydroxyl groups excluding tert-OH is 1. The lowest BCUT2D eigenvalue weighted by Crippen LogP contribution is -2.15.